The minimum atomic E-state index is -0.780. The van der Waals surface area contributed by atoms with Crippen molar-refractivity contribution in [2.45, 2.75) is 26.2 Å². The van der Waals surface area contributed by atoms with E-state index in [-0.39, 0.29) is 11.5 Å². The van der Waals surface area contributed by atoms with Crippen LogP contribution in [0.15, 0.2) is 24.3 Å². The summed E-state index contributed by atoms with van der Waals surface area (Å²) in [4.78, 5) is 11.2. The van der Waals surface area contributed by atoms with E-state index >= 15 is 0 Å². The van der Waals surface area contributed by atoms with Crippen LogP contribution in [0, 0.1) is 0 Å². The van der Waals surface area contributed by atoms with Gasteiger partial charge in [0.2, 0.25) is 0 Å². The fourth-order valence-electron chi connectivity index (χ4n) is 1.17. The van der Waals surface area contributed by atoms with Crippen molar-refractivity contribution in [3.05, 3.63) is 24.3 Å². The van der Waals surface area contributed by atoms with Crippen LogP contribution in [0.5, 0.6) is 11.5 Å². The highest BCUT2D eigenvalue weighted by molar-refractivity contribution is 5.65. The smallest absolute Gasteiger partial charge is 0.504 e. The maximum Gasteiger partial charge on any atom is 0.513 e. The number of benzene rings is 1. The summed E-state index contributed by atoms with van der Waals surface area (Å²) in [6, 6.07) is 6.26. The second-order valence-electron chi connectivity index (χ2n) is 3.38. The van der Waals surface area contributed by atoms with E-state index < -0.39 is 6.16 Å². The highest BCUT2D eigenvalue weighted by atomic mass is 16.7. The first kappa shape index (κ1) is 12.4. The van der Waals surface area contributed by atoms with Crippen LogP contribution in [-0.2, 0) is 4.74 Å². The molecule has 0 saturated heterocycles. The third kappa shape index (κ3) is 4.21. The van der Waals surface area contributed by atoms with Gasteiger partial charge in [-0.1, -0.05) is 31.9 Å². The van der Waals surface area contributed by atoms with Crippen molar-refractivity contribution in [2.75, 3.05) is 6.61 Å². The van der Waals surface area contributed by atoms with E-state index in [0.717, 1.165) is 19.3 Å². The zero-order valence-corrected chi connectivity index (χ0v) is 9.31. The van der Waals surface area contributed by atoms with Crippen molar-refractivity contribution >= 4 is 6.16 Å². The van der Waals surface area contributed by atoms with Gasteiger partial charge in [0, 0.05) is 0 Å². The van der Waals surface area contributed by atoms with Gasteiger partial charge in [-0.25, -0.2) is 4.79 Å². The lowest BCUT2D eigenvalue weighted by Gasteiger charge is -2.06. The van der Waals surface area contributed by atoms with Crippen LogP contribution in [0.3, 0.4) is 0 Å². The number of rotatable bonds is 5. The highest BCUT2D eigenvalue weighted by Crippen LogP contribution is 2.24. The molecule has 16 heavy (non-hydrogen) atoms. The number of hydrogen-bond donors (Lipinski definition) is 1. The molecule has 0 aliphatic rings. The number of carbonyl (C=O) groups excluding carboxylic acids is 1. The Bertz CT molecular complexity index is 336. The quantitative estimate of drug-likeness (QED) is 0.474. The van der Waals surface area contributed by atoms with E-state index in [1.165, 1.54) is 12.1 Å². The second kappa shape index (κ2) is 6.71. The summed E-state index contributed by atoms with van der Waals surface area (Å²) in [5, 5.41) is 9.34. The molecule has 1 aromatic rings. The van der Waals surface area contributed by atoms with Crippen molar-refractivity contribution in [1.29, 1.82) is 0 Å². The molecular weight excluding hydrogens is 208 g/mol. The van der Waals surface area contributed by atoms with Crippen LogP contribution in [0.1, 0.15) is 26.2 Å². The molecule has 0 heterocycles. The minimum Gasteiger partial charge on any atom is -0.504 e. The number of unbranched alkanes of at least 4 members (excludes halogenated alkanes) is 2. The first-order valence-corrected chi connectivity index (χ1v) is 5.36. The van der Waals surface area contributed by atoms with Crippen LogP contribution < -0.4 is 4.74 Å². The summed E-state index contributed by atoms with van der Waals surface area (Å²) in [6.45, 7) is 2.42. The van der Waals surface area contributed by atoms with Crippen LogP contribution in [0.2, 0.25) is 0 Å². The van der Waals surface area contributed by atoms with Gasteiger partial charge >= 0.3 is 6.16 Å². The third-order valence-corrected chi connectivity index (χ3v) is 2.03. The monoisotopic (exact) mass is 224 g/mol. The molecule has 0 amide bonds. The fourth-order valence-corrected chi connectivity index (χ4v) is 1.17. The third-order valence-electron chi connectivity index (χ3n) is 2.03. The SMILES string of the molecule is CCCCCOC(=O)Oc1ccccc1O. The molecule has 1 aromatic carbocycles. The Balaban J connectivity index is 2.32. The number of phenols is 1. The van der Waals surface area contributed by atoms with Crippen LogP contribution in [-0.4, -0.2) is 17.9 Å². The van der Waals surface area contributed by atoms with E-state index in [4.69, 9.17) is 9.47 Å². The molecule has 0 aliphatic carbocycles. The van der Waals surface area contributed by atoms with Gasteiger partial charge in [-0.3, -0.25) is 0 Å². The normalized spacial score (nSPS) is 9.81. The Hall–Kier alpha value is -1.71. The summed E-state index contributed by atoms with van der Waals surface area (Å²) in [7, 11) is 0. The van der Waals surface area contributed by atoms with E-state index in [0.29, 0.717) is 6.61 Å². The van der Waals surface area contributed by atoms with E-state index in [2.05, 4.69) is 6.92 Å². The Morgan fingerprint density at radius 1 is 1.31 bits per heavy atom. The van der Waals surface area contributed by atoms with Crippen LogP contribution >= 0.6 is 0 Å². The average Bonchev–Trinajstić information content (AvgIpc) is 2.28. The number of ether oxygens (including phenoxy) is 2. The van der Waals surface area contributed by atoms with Crippen LogP contribution in [0.4, 0.5) is 4.79 Å². The number of aromatic hydroxyl groups is 1. The van der Waals surface area contributed by atoms with Crippen molar-refractivity contribution in [2.24, 2.45) is 0 Å². The van der Waals surface area contributed by atoms with Gasteiger partial charge in [-0.15, -0.1) is 0 Å². The molecule has 0 bridgehead atoms. The molecule has 4 heteroatoms. The highest BCUT2D eigenvalue weighted by Gasteiger charge is 2.08. The van der Waals surface area contributed by atoms with Gasteiger partial charge in [0.15, 0.2) is 11.5 Å². The Kier molecular flexibility index (Phi) is 5.19. The number of phenolic OH excluding ortho intramolecular Hbond substituents is 1. The zero-order valence-electron chi connectivity index (χ0n) is 9.31. The van der Waals surface area contributed by atoms with Gasteiger partial charge < -0.3 is 14.6 Å². The topological polar surface area (TPSA) is 55.8 Å². The Morgan fingerprint density at radius 3 is 2.75 bits per heavy atom. The molecule has 0 spiro atoms. The molecule has 88 valence electrons. The van der Waals surface area contributed by atoms with Crippen LogP contribution in [0.25, 0.3) is 0 Å². The van der Waals surface area contributed by atoms with E-state index in [1.807, 2.05) is 0 Å². The molecule has 0 atom stereocenters. The molecule has 0 aromatic heterocycles. The average molecular weight is 224 g/mol. The second-order valence-corrected chi connectivity index (χ2v) is 3.38. The molecule has 0 saturated carbocycles. The lowest BCUT2D eigenvalue weighted by Crippen LogP contribution is -2.11. The maximum absolute atomic E-state index is 11.2. The van der Waals surface area contributed by atoms with Crippen molar-refractivity contribution in [3.8, 4) is 11.5 Å². The molecule has 0 fully saturated rings. The molecular formula is C12H16O4. The maximum atomic E-state index is 11.2. The molecule has 0 aliphatic heterocycles. The van der Waals surface area contributed by atoms with Crippen molar-refractivity contribution in [1.82, 2.24) is 0 Å². The number of hydrogen-bond acceptors (Lipinski definition) is 4. The molecule has 1 rings (SSSR count). The predicted molar refractivity (Wildman–Crippen MR) is 59.6 cm³/mol. The van der Waals surface area contributed by atoms with E-state index in [1.54, 1.807) is 12.1 Å². The Morgan fingerprint density at radius 2 is 2.06 bits per heavy atom. The predicted octanol–water partition coefficient (Wildman–Crippen LogP) is 3.10. The molecule has 0 radical (unpaired) electrons. The number of para-hydroxylation sites is 2. The lowest BCUT2D eigenvalue weighted by atomic mass is 10.3. The van der Waals surface area contributed by atoms with Gasteiger partial charge in [-0.2, -0.15) is 0 Å². The van der Waals surface area contributed by atoms with E-state index in [9.17, 15) is 9.90 Å². The molecule has 0 unspecified atom stereocenters. The summed E-state index contributed by atoms with van der Waals surface area (Å²) in [5.41, 5.74) is 0. The van der Waals surface area contributed by atoms with Gasteiger partial charge in [-0.05, 0) is 18.6 Å². The summed E-state index contributed by atoms with van der Waals surface area (Å²) < 4.78 is 9.64. The summed E-state index contributed by atoms with van der Waals surface area (Å²) in [6.07, 6.45) is 2.13. The standard InChI is InChI=1S/C12H16O4/c1-2-3-6-9-15-12(14)16-11-8-5-4-7-10(11)13/h4-5,7-8,13H,2-3,6,9H2,1H3. The van der Waals surface area contributed by atoms with Crippen molar-refractivity contribution in [3.63, 3.8) is 0 Å². The summed E-state index contributed by atoms with van der Waals surface area (Å²) >= 11 is 0. The van der Waals surface area contributed by atoms with Crippen molar-refractivity contribution < 1.29 is 19.4 Å². The number of carbonyl (C=O) groups is 1. The van der Waals surface area contributed by atoms with Gasteiger partial charge in [0.05, 0.1) is 6.61 Å². The molecule has 1 N–H and O–H groups in total. The largest absolute Gasteiger partial charge is 0.513 e. The van der Waals surface area contributed by atoms with Gasteiger partial charge in [0.25, 0.3) is 0 Å². The fraction of sp³-hybridized carbons (Fsp3) is 0.417. The summed E-state index contributed by atoms with van der Waals surface area (Å²) in [5.74, 6) is 0.0380. The first-order chi connectivity index (χ1) is 7.74. The first-order valence-electron chi connectivity index (χ1n) is 5.36. The minimum absolute atomic E-state index is 0.0759. The Labute approximate surface area is 94.8 Å². The lowest BCUT2D eigenvalue weighted by molar-refractivity contribution is 0.0963. The van der Waals surface area contributed by atoms with Gasteiger partial charge in [0.1, 0.15) is 0 Å². The molecule has 4 nitrogen and oxygen atoms in total. The zero-order chi connectivity index (χ0) is 11.8.